The number of benzene rings is 1. The second-order valence-corrected chi connectivity index (χ2v) is 6.25. The number of carbonyl (C=O) groups excluding carboxylic acids is 2. The average Bonchev–Trinajstić information content (AvgIpc) is 3.00. The number of amides is 2. The Bertz CT molecular complexity index is 650. The van der Waals surface area contributed by atoms with Gasteiger partial charge < -0.3 is 15.0 Å². The summed E-state index contributed by atoms with van der Waals surface area (Å²) in [6.45, 7) is 4.52. The fourth-order valence-electron chi connectivity index (χ4n) is 3.09. The molecular weight excluding hydrogens is 332 g/mol. The number of anilines is 1. The first-order valence-corrected chi connectivity index (χ1v) is 8.38. The molecule has 1 unspecified atom stereocenters. The number of halogens is 2. The Morgan fingerprint density at radius 1 is 1.24 bits per heavy atom. The van der Waals surface area contributed by atoms with Crippen molar-refractivity contribution < 1.29 is 23.1 Å². The van der Waals surface area contributed by atoms with Gasteiger partial charge in [-0.25, -0.2) is 8.78 Å². The van der Waals surface area contributed by atoms with Gasteiger partial charge in [-0.1, -0.05) is 0 Å². The second-order valence-electron chi connectivity index (χ2n) is 6.25. The van der Waals surface area contributed by atoms with Crippen molar-refractivity contribution in [2.24, 2.45) is 5.92 Å². The Balaban J connectivity index is 1.50. The Morgan fingerprint density at radius 3 is 2.72 bits per heavy atom. The highest BCUT2D eigenvalue weighted by Gasteiger charge is 2.35. The van der Waals surface area contributed by atoms with Crippen molar-refractivity contribution >= 4 is 17.5 Å². The van der Waals surface area contributed by atoms with E-state index in [1.165, 1.54) is 11.0 Å². The van der Waals surface area contributed by atoms with Crippen LogP contribution in [0.25, 0.3) is 0 Å². The SMILES string of the molecule is O=C(NCCN1CCOCC1)C1CC(=O)N(c2ccc(F)c(F)c2)C1. The Kier molecular flexibility index (Phi) is 5.60. The number of morpholine rings is 1. The average molecular weight is 353 g/mol. The molecule has 0 radical (unpaired) electrons. The summed E-state index contributed by atoms with van der Waals surface area (Å²) >= 11 is 0. The first-order valence-electron chi connectivity index (χ1n) is 8.38. The smallest absolute Gasteiger partial charge is 0.227 e. The number of ether oxygens (including phenoxy) is 1. The molecule has 1 aromatic rings. The van der Waals surface area contributed by atoms with Crippen molar-refractivity contribution in [3.05, 3.63) is 29.8 Å². The van der Waals surface area contributed by atoms with Gasteiger partial charge in [0.15, 0.2) is 11.6 Å². The van der Waals surface area contributed by atoms with Crippen LogP contribution in [0.15, 0.2) is 18.2 Å². The molecule has 0 spiro atoms. The Morgan fingerprint density at radius 2 is 2.00 bits per heavy atom. The molecule has 25 heavy (non-hydrogen) atoms. The molecule has 6 nitrogen and oxygen atoms in total. The molecule has 2 amide bonds. The van der Waals surface area contributed by atoms with Gasteiger partial charge in [-0.2, -0.15) is 0 Å². The summed E-state index contributed by atoms with van der Waals surface area (Å²) in [5.41, 5.74) is 0.271. The normalized spacial score (nSPS) is 21.6. The van der Waals surface area contributed by atoms with E-state index in [0.29, 0.717) is 19.8 Å². The van der Waals surface area contributed by atoms with E-state index in [-0.39, 0.29) is 30.5 Å². The third kappa shape index (κ3) is 4.32. The predicted octanol–water partition coefficient (Wildman–Crippen LogP) is 0.766. The van der Waals surface area contributed by atoms with E-state index in [0.717, 1.165) is 31.8 Å². The zero-order chi connectivity index (χ0) is 17.8. The molecule has 1 aromatic carbocycles. The first-order chi connectivity index (χ1) is 12.0. The number of nitrogens with zero attached hydrogens (tertiary/aromatic N) is 2. The fourth-order valence-corrected chi connectivity index (χ4v) is 3.09. The van der Waals surface area contributed by atoms with E-state index in [9.17, 15) is 18.4 Å². The van der Waals surface area contributed by atoms with Gasteiger partial charge >= 0.3 is 0 Å². The maximum absolute atomic E-state index is 13.4. The summed E-state index contributed by atoms with van der Waals surface area (Å²) in [7, 11) is 0. The Hall–Kier alpha value is -2.06. The molecule has 0 aliphatic carbocycles. The van der Waals surface area contributed by atoms with Crippen LogP contribution in [0.4, 0.5) is 14.5 Å². The summed E-state index contributed by atoms with van der Waals surface area (Å²) in [4.78, 5) is 27.9. The zero-order valence-electron chi connectivity index (χ0n) is 13.8. The van der Waals surface area contributed by atoms with Crippen molar-refractivity contribution in [2.75, 3.05) is 50.8 Å². The second kappa shape index (κ2) is 7.88. The van der Waals surface area contributed by atoms with Gasteiger partial charge in [-0.05, 0) is 12.1 Å². The molecule has 0 aromatic heterocycles. The number of nitrogens with one attached hydrogen (secondary N) is 1. The molecule has 1 N–H and O–H groups in total. The highest BCUT2D eigenvalue weighted by atomic mass is 19.2. The largest absolute Gasteiger partial charge is 0.379 e. The van der Waals surface area contributed by atoms with Crippen molar-refractivity contribution in [3.8, 4) is 0 Å². The van der Waals surface area contributed by atoms with Gasteiger partial charge in [0.05, 0.1) is 19.1 Å². The molecule has 2 aliphatic heterocycles. The number of carbonyl (C=O) groups is 2. The summed E-state index contributed by atoms with van der Waals surface area (Å²) in [6.07, 6.45) is 0.0718. The Labute approximate surface area is 144 Å². The summed E-state index contributed by atoms with van der Waals surface area (Å²) in [5, 5.41) is 2.85. The van der Waals surface area contributed by atoms with Crippen molar-refractivity contribution in [2.45, 2.75) is 6.42 Å². The molecule has 0 saturated carbocycles. The topological polar surface area (TPSA) is 61.9 Å². The third-order valence-electron chi connectivity index (χ3n) is 4.54. The quantitative estimate of drug-likeness (QED) is 0.849. The predicted molar refractivity (Wildman–Crippen MR) is 87.1 cm³/mol. The van der Waals surface area contributed by atoms with Crippen LogP contribution in [0.5, 0.6) is 0 Å². The minimum absolute atomic E-state index is 0.0718. The zero-order valence-corrected chi connectivity index (χ0v) is 13.8. The standard InChI is InChI=1S/C17H21F2N3O3/c18-14-2-1-13(10-15(14)19)22-11-12(9-16(22)23)17(24)20-3-4-21-5-7-25-8-6-21/h1-2,10,12H,3-9,11H2,(H,20,24). The van der Waals surface area contributed by atoms with E-state index in [2.05, 4.69) is 10.2 Å². The van der Waals surface area contributed by atoms with Crippen LogP contribution in [-0.4, -0.2) is 62.7 Å². The van der Waals surface area contributed by atoms with Crippen molar-refractivity contribution in [1.82, 2.24) is 10.2 Å². The number of hydrogen-bond acceptors (Lipinski definition) is 4. The van der Waals surface area contributed by atoms with Gasteiger partial charge in [0.2, 0.25) is 11.8 Å². The molecule has 136 valence electrons. The van der Waals surface area contributed by atoms with Gasteiger partial charge in [-0.3, -0.25) is 14.5 Å². The van der Waals surface area contributed by atoms with Gasteiger partial charge in [0, 0.05) is 50.9 Å². The van der Waals surface area contributed by atoms with Gasteiger partial charge in [0.25, 0.3) is 0 Å². The minimum Gasteiger partial charge on any atom is -0.379 e. The van der Waals surface area contributed by atoms with Crippen LogP contribution in [-0.2, 0) is 14.3 Å². The molecule has 3 rings (SSSR count). The van der Waals surface area contributed by atoms with Gasteiger partial charge in [-0.15, -0.1) is 0 Å². The molecule has 0 bridgehead atoms. The van der Waals surface area contributed by atoms with Crippen LogP contribution in [0, 0.1) is 17.6 Å². The lowest BCUT2D eigenvalue weighted by molar-refractivity contribution is -0.126. The first kappa shape index (κ1) is 17.8. The highest BCUT2D eigenvalue weighted by Crippen LogP contribution is 2.26. The van der Waals surface area contributed by atoms with Crippen LogP contribution in [0.1, 0.15) is 6.42 Å². The number of hydrogen-bond donors (Lipinski definition) is 1. The highest BCUT2D eigenvalue weighted by molar-refractivity contribution is 6.00. The van der Waals surface area contributed by atoms with Crippen LogP contribution < -0.4 is 10.2 Å². The summed E-state index contributed by atoms with van der Waals surface area (Å²) in [5.74, 6) is -2.91. The van der Waals surface area contributed by atoms with Gasteiger partial charge in [0.1, 0.15) is 0 Å². The third-order valence-corrected chi connectivity index (χ3v) is 4.54. The molecule has 2 saturated heterocycles. The van der Waals surface area contributed by atoms with E-state index in [4.69, 9.17) is 4.74 Å². The van der Waals surface area contributed by atoms with Crippen LogP contribution in [0.3, 0.4) is 0 Å². The van der Waals surface area contributed by atoms with Crippen molar-refractivity contribution in [1.29, 1.82) is 0 Å². The molecule has 2 fully saturated rings. The number of rotatable bonds is 5. The maximum Gasteiger partial charge on any atom is 0.227 e. The monoisotopic (exact) mass is 353 g/mol. The minimum atomic E-state index is -1.01. The van der Waals surface area contributed by atoms with E-state index < -0.39 is 17.6 Å². The maximum atomic E-state index is 13.4. The van der Waals surface area contributed by atoms with Crippen LogP contribution in [0.2, 0.25) is 0 Å². The molecular formula is C17H21F2N3O3. The summed E-state index contributed by atoms with van der Waals surface area (Å²) < 4.78 is 31.6. The molecule has 8 heteroatoms. The fraction of sp³-hybridized carbons (Fsp3) is 0.529. The van der Waals surface area contributed by atoms with Crippen LogP contribution >= 0.6 is 0 Å². The lowest BCUT2D eigenvalue weighted by Gasteiger charge is -2.26. The molecule has 1 atom stereocenters. The van der Waals surface area contributed by atoms with E-state index in [1.807, 2.05) is 0 Å². The molecule has 2 heterocycles. The van der Waals surface area contributed by atoms with Crippen molar-refractivity contribution in [3.63, 3.8) is 0 Å². The van der Waals surface area contributed by atoms with E-state index in [1.54, 1.807) is 0 Å². The lowest BCUT2D eigenvalue weighted by atomic mass is 10.1. The lowest BCUT2D eigenvalue weighted by Crippen LogP contribution is -2.42. The summed E-state index contributed by atoms with van der Waals surface area (Å²) in [6, 6.07) is 3.30. The molecule has 2 aliphatic rings. The van der Waals surface area contributed by atoms with E-state index >= 15 is 0 Å².